The predicted molar refractivity (Wildman–Crippen MR) is 80.9 cm³/mol. The Hall–Kier alpha value is -1.66. The fourth-order valence-electron chi connectivity index (χ4n) is 2.60. The van der Waals surface area contributed by atoms with Crippen molar-refractivity contribution < 1.29 is 9.53 Å². The monoisotopic (exact) mass is 305 g/mol. The van der Waals surface area contributed by atoms with Gasteiger partial charge < -0.3 is 10.1 Å². The minimum absolute atomic E-state index is 0.0629. The number of aryl methyl sites for hydroxylation is 1. The molecule has 0 aliphatic carbocycles. The van der Waals surface area contributed by atoms with Crippen molar-refractivity contribution >= 4 is 17.2 Å². The molecule has 0 spiro atoms. The second-order valence-corrected chi connectivity index (χ2v) is 5.95. The Morgan fingerprint density at radius 3 is 3.24 bits per heavy atom. The van der Waals surface area contributed by atoms with Crippen LogP contribution >= 0.6 is 11.3 Å². The first-order chi connectivity index (χ1) is 10.3. The maximum Gasteiger partial charge on any atom is 0.226 e. The third-order valence-corrected chi connectivity index (χ3v) is 4.51. The molecular formula is C15H19N3O2S. The number of hydrogen-bond donors (Lipinski definition) is 1. The summed E-state index contributed by atoms with van der Waals surface area (Å²) in [6.07, 6.45) is 4.36. The zero-order chi connectivity index (χ0) is 14.7. The normalized spacial score (nSPS) is 21.6. The molecule has 0 saturated carbocycles. The van der Waals surface area contributed by atoms with Crippen LogP contribution in [0, 0.1) is 5.92 Å². The van der Waals surface area contributed by atoms with E-state index in [9.17, 15) is 4.79 Å². The van der Waals surface area contributed by atoms with Crippen LogP contribution in [0.3, 0.4) is 0 Å². The summed E-state index contributed by atoms with van der Waals surface area (Å²) in [7, 11) is 0. The predicted octanol–water partition coefficient (Wildman–Crippen LogP) is 2.36. The molecule has 1 saturated heterocycles. The largest absolute Gasteiger partial charge is 0.373 e. The van der Waals surface area contributed by atoms with Crippen LogP contribution in [0.2, 0.25) is 0 Å². The lowest BCUT2D eigenvalue weighted by molar-refractivity contribution is -0.126. The molecule has 3 rings (SSSR count). The van der Waals surface area contributed by atoms with Gasteiger partial charge in [0.05, 0.1) is 18.2 Å². The summed E-state index contributed by atoms with van der Waals surface area (Å²) in [6, 6.07) is 2.03. The first-order valence-corrected chi connectivity index (χ1v) is 8.15. The highest BCUT2D eigenvalue weighted by atomic mass is 32.1. The van der Waals surface area contributed by atoms with Gasteiger partial charge in [-0.3, -0.25) is 9.48 Å². The number of nitrogens with zero attached hydrogens (tertiary/aromatic N) is 2. The number of hydrogen-bond acceptors (Lipinski definition) is 4. The van der Waals surface area contributed by atoms with Crippen LogP contribution in [0.25, 0.3) is 0 Å². The van der Waals surface area contributed by atoms with E-state index in [2.05, 4.69) is 10.4 Å². The van der Waals surface area contributed by atoms with Crippen molar-refractivity contribution in [2.75, 3.05) is 6.61 Å². The van der Waals surface area contributed by atoms with Gasteiger partial charge >= 0.3 is 0 Å². The maximum atomic E-state index is 12.4. The maximum absolute atomic E-state index is 12.4. The summed E-state index contributed by atoms with van der Waals surface area (Å²) in [5.74, 6) is -0.0638. The van der Waals surface area contributed by atoms with Crippen LogP contribution in [-0.4, -0.2) is 22.3 Å². The van der Waals surface area contributed by atoms with E-state index in [1.165, 1.54) is 0 Å². The fourth-order valence-corrected chi connectivity index (χ4v) is 3.27. The average molecular weight is 305 g/mol. The number of aromatic nitrogens is 2. The molecule has 0 aromatic carbocycles. The molecule has 1 aliphatic heterocycles. The van der Waals surface area contributed by atoms with E-state index in [-0.39, 0.29) is 17.9 Å². The zero-order valence-corrected chi connectivity index (χ0v) is 12.8. The number of carbonyl (C=O) groups is 1. The summed E-state index contributed by atoms with van der Waals surface area (Å²) in [6.45, 7) is 4.07. The molecule has 1 amide bonds. The molecule has 3 heterocycles. The highest BCUT2D eigenvalue weighted by molar-refractivity contribution is 7.07. The number of ether oxygens (including phenoxy) is 1. The summed E-state index contributed by atoms with van der Waals surface area (Å²) in [4.78, 5) is 12.4. The van der Waals surface area contributed by atoms with Gasteiger partial charge in [0, 0.05) is 31.5 Å². The smallest absolute Gasteiger partial charge is 0.226 e. The number of thiophene rings is 1. The van der Waals surface area contributed by atoms with E-state index in [1.54, 1.807) is 17.5 Å². The van der Waals surface area contributed by atoms with Crippen LogP contribution in [0.5, 0.6) is 0 Å². The first-order valence-electron chi connectivity index (χ1n) is 7.20. The average Bonchev–Trinajstić information content (AvgIpc) is 3.23. The van der Waals surface area contributed by atoms with Crippen molar-refractivity contribution in [2.45, 2.75) is 32.5 Å². The van der Waals surface area contributed by atoms with Gasteiger partial charge in [-0.25, -0.2) is 0 Å². The lowest BCUT2D eigenvalue weighted by Gasteiger charge is -2.16. The van der Waals surface area contributed by atoms with Crippen molar-refractivity contribution in [3.05, 3.63) is 40.3 Å². The highest BCUT2D eigenvalue weighted by Gasteiger charge is 2.35. The lowest BCUT2D eigenvalue weighted by Crippen LogP contribution is -2.31. The zero-order valence-electron chi connectivity index (χ0n) is 12.0. The Labute approximate surface area is 127 Å². The molecule has 2 atom stereocenters. The summed E-state index contributed by atoms with van der Waals surface area (Å²) in [5.41, 5.74) is 2.13. The quantitative estimate of drug-likeness (QED) is 0.922. The van der Waals surface area contributed by atoms with E-state index in [1.807, 2.05) is 34.6 Å². The molecule has 1 fully saturated rings. The number of amides is 1. The van der Waals surface area contributed by atoms with Gasteiger partial charge in [-0.05, 0) is 35.7 Å². The fraction of sp³-hybridized carbons (Fsp3) is 0.467. The van der Waals surface area contributed by atoms with Gasteiger partial charge in [0.15, 0.2) is 0 Å². The molecule has 0 unspecified atom stereocenters. The SMILES string of the molecule is CCn1cc([C@H]2OCC[C@@H]2C(=O)NCc2ccsc2)cn1. The summed E-state index contributed by atoms with van der Waals surface area (Å²) >= 11 is 1.64. The number of nitrogens with one attached hydrogen (secondary N) is 1. The summed E-state index contributed by atoms with van der Waals surface area (Å²) in [5, 5.41) is 11.3. The van der Waals surface area contributed by atoms with Gasteiger partial charge in [-0.15, -0.1) is 0 Å². The van der Waals surface area contributed by atoms with Crippen LogP contribution in [0.4, 0.5) is 0 Å². The molecule has 6 heteroatoms. The Balaban J connectivity index is 1.64. The van der Waals surface area contributed by atoms with Crippen LogP contribution in [-0.2, 0) is 22.6 Å². The van der Waals surface area contributed by atoms with E-state index >= 15 is 0 Å². The van der Waals surface area contributed by atoms with E-state index in [4.69, 9.17) is 4.74 Å². The Bertz CT molecular complexity index is 594. The summed E-state index contributed by atoms with van der Waals surface area (Å²) < 4.78 is 7.61. The Kier molecular flexibility index (Phi) is 4.36. The molecular weight excluding hydrogens is 286 g/mol. The van der Waals surface area contributed by atoms with Gasteiger partial charge in [0.25, 0.3) is 0 Å². The van der Waals surface area contributed by atoms with E-state index < -0.39 is 0 Å². The van der Waals surface area contributed by atoms with Gasteiger partial charge in [-0.2, -0.15) is 16.4 Å². The van der Waals surface area contributed by atoms with E-state index in [0.717, 1.165) is 24.1 Å². The van der Waals surface area contributed by atoms with Gasteiger partial charge in [-0.1, -0.05) is 0 Å². The molecule has 2 aromatic heterocycles. The minimum atomic E-state index is -0.173. The molecule has 21 heavy (non-hydrogen) atoms. The Morgan fingerprint density at radius 1 is 1.62 bits per heavy atom. The molecule has 112 valence electrons. The van der Waals surface area contributed by atoms with Crippen LogP contribution < -0.4 is 5.32 Å². The van der Waals surface area contributed by atoms with Crippen molar-refractivity contribution in [1.29, 1.82) is 0 Å². The second kappa shape index (κ2) is 6.41. The Morgan fingerprint density at radius 2 is 2.52 bits per heavy atom. The number of rotatable bonds is 5. The molecule has 2 aromatic rings. The van der Waals surface area contributed by atoms with Crippen LogP contribution in [0.15, 0.2) is 29.2 Å². The van der Waals surface area contributed by atoms with E-state index in [0.29, 0.717) is 13.2 Å². The molecule has 0 bridgehead atoms. The van der Waals surface area contributed by atoms with Crippen molar-refractivity contribution in [3.8, 4) is 0 Å². The minimum Gasteiger partial charge on any atom is -0.373 e. The highest BCUT2D eigenvalue weighted by Crippen LogP contribution is 2.34. The van der Waals surface area contributed by atoms with Crippen molar-refractivity contribution in [1.82, 2.24) is 15.1 Å². The lowest BCUT2D eigenvalue weighted by atomic mass is 9.96. The molecule has 0 radical (unpaired) electrons. The third-order valence-electron chi connectivity index (χ3n) is 3.78. The third kappa shape index (κ3) is 3.16. The second-order valence-electron chi connectivity index (χ2n) is 5.17. The molecule has 1 N–H and O–H groups in total. The molecule has 1 aliphatic rings. The topological polar surface area (TPSA) is 56.1 Å². The molecule has 5 nitrogen and oxygen atoms in total. The van der Waals surface area contributed by atoms with Gasteiger partial charge in [0.1, 0.15) is 0 Å². The van der Waals surface area contributed by atoms with Crippen LogP contribution in [0.1, 0.15) is 30.6 Å². The van der Waals surface area contributed by atoms with Gasteiger partial charge in [0.2, 0.25) is 5.91 Å². The van der Waals surface area contributed by atoms with Crippen molar-refractivity contribution in [3.63, 3.8) is 0 Å². The number of carbonyl (C=O) groups excluding carboxylic acids is 1. The standard InChI is InChI=1S/C15H19N3O2S/c1-2-18-9-12(8-17-18)14-13(3-5-20-14)15(19)16-7-11-4-6-21-10-11/h4,6,8-10,13-14H,2-3,5,7H2,1H3,(H,16,19)/t13-,14+/m0/s1. The van der Waals surface area contributed by atoms with Crippen molar-refractivity contribution in [2.24, 2.45) is 5.92 Å². The first kappa shape index (κ1) is 14.3.